The van der Waals surface area contributed by atoms with Crippen LogP contribution in [-0.2, 0) is 0 Å². The summed E-state index contributed by atoms with van der Waals surface area (Å²) in [5.74, 6) is 0.211. The SMILES string of the molecule is CC1CCCCN1.CCC(C)(C)CC(O)CC(C)CO. The fourth-order valence-corrected chi connectivity index (χ4v) is 2.43. The van der Waals surface area contributed by atoms with Crippen LogP contribution >= 0.6 is 0 Å². The maximum atomic E-state index is 9.71. The number of aliphatic hydroxyl groups excluding tert-OH is 2. The minimum Gasteiger partial charge on any atom is -0.396 e. The average molecular weight is 287 g/mol. The van der Waals surface area contributed by atoms with Gasteiger partial charge in [0.2, 0.25) is 0 Å². The molecule has 1 rings (SSSR count). The van der Waals surface area contributed by atoms with Crippen LogP contribution < -0.4 is 5.32 Å². The van der Waals surface area contributed by atoms with Gasteiger partial charge in [-0.15, -0.1) is 0 Å². The van der Waals surface area contributed by atoms with Gasteiger partial charge in [-0.05, 0) is 50.5 Å². The molecule has 20 heavy (non-hydrogen) atoms. The molecule has 1 aliphatic rings. The summed E-state index contributed by atoms with van der Waals surface area (Å²) in [5.41, 5.74) is 0.217. The molecule has 0 aromatic rings. The van der Waals surface area contributed by atoms with E-state index in [-0.39, 0.29) is 24.0 Å². The van der Waals surface area contributed by atoms with E-state index in [0.29, 0.717) is 6.42 Å². The molecule has 1 aliphatic heterocycles. The second kappa shape index (κ2) is 10.6. The summed E-state index contributed by atoms with van der Waals surface area (Å²) in [6, 6.07) is 0.786. The molecule has 0 aromatic heterocycles. The average Bonchev–Trinajstić information content (AvgIpc) is 2.39. The van der Waals surface area contributed by atoms with Crippen LogP contribution in [0.5, 0.6) is 0 Å². The lowest BCUT2D eigenvalue weighted by Crippen LogP contribution is -2.30. The van der Waals surface area contributed by atoms with Crippen molar-refractivity contribution in [2.45, 2.75) is 85.3 Å². The number of hydrogen-bond acceptors (Lipinski definition) is 3. The van der Waals surface area contributed by atoms with Gasteiger partial charge >= 0.3 is 0 Å². The van der Waals surface area contributed by atoms with Crippen molar-refractivity contribution in [3.63, 3.8) is 0 Å². The van der Waals surface area contributed by atoms with E-state index in [1.165, 1.54) is 25.8 Å². The topological polar surface area (TPSA) is 52.5 Å². The quantitative estimate of drug-likeness (QED) is 0.702. The van der Waals surface area contributed by atoms with Crippen LogP contribution in [0.1, 0.15) is 73.1 Å². The Balaban J connectivity index is 0.000000428. The number of aliphatic hydroxyl groups is 2. The van der Waals surface area contributed by atoms with Crippen molar-refractivity contribution in [1.29, 1.82) is 0 Å². The zero-order chi connectivity index (χ0) is 15.6. The molecule has 1 heterocycles. The van der Waals surface area contributed by atoms with Crippen molar-refractivity contribution in [2.75, 3.05) is 13.2 Å². The summed E-state index contributed by atoms with van der Waals surface area (Å²) in [4.78, 5) is 0. The highest BCUT2D eigenvalue weighted by Crippen LogP contribution is 2.28. The Bertz CT molecular complexity index is 225. The molecule has 3 atom stereocenters. The van der Waals surface area contributed by atoms with E-state index in [4.69, 9.17) is 5.11 Å². The molecule has 0 bridgehead atoms. The molecule has 3 unspecified atom stereocenters. The van der Waals surface area contributed by atoms with Crippen LogP contribution in [0.3, 0.4) is 0 Å². The van der Waals surface area contributed by atoms with Crippen molar-refractivity contribution >= 4 is 0 Å². The Morgan fingerprint density at radius 1 is 1.30 bits per heavy atom. The Morgan fingerprint density at radius 3 is 2.30 bits per heavy atom. The third kappa shape index (κ3) is 10.6. The molecule has 0 spiro atoms. The van der Waals surface area contributed by atoms with Crippen LogP contribution in [0.15, 0.2) is 0 Å². The predicted molar refractivity (Wildman–Crippen MR) is 86.9 cm³/mol. The van der Waals surface area contributed by atoms with Crippen molar-refractivity contribution in [3.8, 4) is 0 Å². The van der Waals surface area contributed by atoms with Gasteiger partial charge in [-0.1, -0.05) is 40.5 Å². The van der Waals surface area contributed by atoms with Crippen molar-refractivity contribution in [2.24, 2.45) is 11.3 Å². The van der Waals surface area contributed by atoms with E-state index in [9.17, 15) is 5.11 Å². The monoisotopic (exact) mass is 287 g/mol. The molecule has 0 amide bonds. The summed E-state index contributed by atoms with van der Waals surface area (Å²) in [6.45, 7) is 12.1. The van der Waals surface area contributed by atoms with E-state index >= 15 is 0 Å². The second-order valence-electron chi connectivity index (χ2n) is 7.25. The van der Waals surface area contributed by atoms with E-state index < -0.39 is 0 Å². The molecule has 3 heteroatoms. The van der Waals surface area contributed by atoms with Gasteiger partial charge in [-0.25, -0.2) is 0 Å². The third-order valence-electron chi connectivity index (χ3n) is 4.29. The minimum absolute atomic E-state index is 0.170. The lowest BCUT2D eigenvalue weighted by Gasteiger charge is -2.26. The normalized spacial score (nSPS) is 22.6. The van der Waals surface area contributed by atoms with E-state index in [1.54, 1.807) is 0 Å². The Labute approximate surface area is 126 Å². The standard InChI is InChI=1S/C11H24O2.C6H13N/c1-5-11(3,4)7-10(13)6-9(2)8-12;1-6-4-2-3-5-7-6/h9-10,12-13H,5-8H2,1-4H3;6-7H,2-5H2,1H3. The van der Waals surface area contributed by atoms with Gasteiger partial charge in [-0.2, -0.15) is 0 Å². The number of piperidine rings is 1. The Hall–Kier alpha value is -0.120. The molecular weight excluding hydrogens is 250 g/mol. The van der Waals surface area contributed by atoms with Gasteiger partial charge in [0.05, 0.1) is 6.10 Å². The molecule has 1 fully saturated rings. The fourth-order valence-electron chi connectivity index (χ4n) is 2.43. The van der Waals surface area contributed by atoms with E-state index in [2.05, 4.69) is 33.0 Å². The summed E-state index contributed by atoms with van der Waals surface area (Å²) in [6.07, 6.45) is 6.53. The maximum Gasteiger partial charge on any atom is 0.0548 e. The molecule has 0 aromatic carbocycles. The first-order chi connectivity index (χ1) is 9.30. The minimum atomic E-state index is -0.267. The number of nitrogens with one attached hydrogen (secondary N) is 1. The first-order valence-electron chi connectivity index (χ1n) is 8.33. The van der Waals surface area contributed by atoms with Gasteiger partial charge < -0.3 is 15.5 Å². The molecule has 1 saturated heterocycles. The molecule has 0 aliphatic carbocycles. The predicted octanol–water partition coefficient (Wildman–Crippen LogP) is 3.34. The first-order valence-corrected chi connectivity index (χ1v) is 8.33. The van der Waals surface area contributed by atoms with Crippen LogP contribution in [0.2, 0.25) is 0 Å². The fraction of sp³-hybridized carbons (Fsp3) is 1.00. The zero-order valence-corrected chi connectivity index (χ0v) is 14.3. The van der Waals surface area contributed by atoms with Gasteiger partial charge in [0.15, 0.2) is 0 Å². The Morgan fingerprint density at radius 2 is 1.95 bits per heavy atom. The van der Waals surface area contributed by atoms with Crippen molar-refractivity contribution in [1.82, 2.24) is 5.32 Å². The summed E-state index contributed by atoms with van der Waals surface area (Å²) in [7, 11) is 0. The number of rotatable bonds is 6. The summed E-state index contributed by atoms with van der Waals surface area (Å²) in [5, 5.41) is 21.9. The number of hydrogen-bond donors (Lipinski definition) is 3. The molecule has 0 radical (unpaired) electrons. The Kier molecular flexibility index (Phi) is 10.5. The molecular formula is C17H37NO2. The van der Waals surface area contributed by atoms with Crippen LogP contribution in [0.4, 0.5) is 0 Å². The highest BCUT2D eigenvalue weighted by molar-refractivity contribution is 4.72. The molecule has 3 N–H and O–H groups in total. The van der Waals surface area contributed by atoms with Crippen LogP contribution in [0.25, 0.3) is 0 Å². The van der Waals surface area contributed by atoms with Gasteiger partial charge in [0.1, 0.15) is 0 Å². The zero-order valence-electron chi connectivity index (χ0n) is 14.3. The van der Waals surface area contributed by atoms with Gasteiger partial charge in [-0.3, -0.25) is 0 Å². The first kappa shape index (κ1) is 19.9. The van der Waals surface area contributed by atoms with Gasteiger partial charge in [0, 0.05) is 12.6 Å². The van der Waals surface area contributed by atoms with Crippen LogP contribution in [-0.4, -0.2) is 35.5 Å². The highest BCUT2D eigenvalue weighted by Gasteiger charge is 2.21. The third-order valence-corrected chi connectivity index (χ3v) is 4.29. The van der Waals surface area contributed by atoms with E-state index in [1.807, 2.05) is 6.92 Å². The van der Waals surface area contributed by atoms with E-state index in [0.717, 1.165) is 18.9 Å². The molecule has 3 nitrogen and oxygen atoms in total. The lowest BCUT2D eigenvalue weighted by molar-refractivity contribution is 0.0783. The second-order valence-corrected chi connectivity index (χ2v) is 7.25. The van der Waals surface area contributed by atoms with Gasteiger partial charge in [0.25, 0.3) is 0 Å². The van der Waals surface area contributed by atoms with Crippen LogP contribution in [0, 0.1) is 11.3 Å². The summed E-state index contributed by atoms with van der Waals surface area (Å²) < 4.78 is 0. The smallest absolute Gasteiger partial charge is 0.0548 e. The molecule has 122 valence electrons. The molecule has 0 saturated carbocycles. The summed E-state index contributed by atoms with van der Waals surface area (Å²) >= 11 is 0. The maximum absolute atomic E-state index is 9.71. The van der Waals surface area contributed by atoms with Crippen molar-refractivity contribution in [3.05, 3.63) is 0 Å². The lowest BCUT2D eigenvalue weighted by atomic mass is 9.82. The van der Waals surface area contributed by atoms with Crippen molar-refractivity contribution < 1.29 is 10.2 Å². The highest BCUT2D eigenvalue weighted by atomic mass is 16.3. The largest absolute Gasteiger partial charge is 0.396 e.